The molecule has 2 heterocycles. The van der Waals surface area contributed by atoms with Gasteiger partial charge in [0.25, 0.3) is 0 Å². The van der Waals surface area contributed by atoms with Gasteiger partial charge in [0.15, 0.2) is 6.23 Å². The second-order valence-corrected chi connectivity index (χ2v) is 8.40. The maximum absolute atomic E-state index is 6.50. The predicted molar refractivity (Wildman–Crippen MR) is 111 cm³/mol. The molecule has 28 heavy (non-hydrogen) atoms. The first-order valence-electron chi connectivity index (χ1n) is 10.2. The molecule has 0 spiro atoms. The summed E-state index contributed by atoms with van der Waals surface area (Å²) >= 11 is 6.32. The van der Waals surface area contributed by atoms with Crippen molar-refractivity contribution in [3.05, 3.63) is 58.6 Å². The molecule has 146 valence electrons. The fourth-order valence-corrected chi connectivity index (χ4v) is 4.97. The molecule has 0 aromatic heterocycles. The maximum Gasteiger partial charge on any atom is 0.190 e. The van der Waals surface area contributed by atoms with E-state index in [0.29, 0.717) is 5.92 Å². The van der Waals surface area contributed by atoms with Crippen LogP contribution in [0.5, 0.6) is 11.5 Å². The van der Waals surface area contributed by atoms with E-state index in [4.69, 9.17) is 26.2 Å². The van der Waals surface area contributed by atoms with Crippen LogP contribution in [0.3, 0.4) is 0 Å². The van der Waals surface area contributed by atoms with Gasteiger partial charge in [-0.1, -0.05) is 43.0 Å². The van der Waals surface area contributed by atoms with E-state index in [1.165, 1.54) is 32.1 Å². The third-order valence-corrected chi connectivity index (χ3v) is 6.47. The third kappa shape index (κ3) is 3.14. The molecule has 2 atom stereocenters. The molecule has 0 radical (unpaired) electrons. The first-order chi connectivity index (χ1) is 13.7. The molecule has 1 fully saturated rings. The Balaban J connectivity index is 1.53. The molecule has 2 aliphatic heterocycles. The van der Waals surface area contributed by atoms with E-state index < -0.39 is 0 Å². The zero-order valence-electron chi connectivity index (χ0n) is 16.1. The van der Waals surface area contributed by atoms with Crippen LogP contribution in [-0.2, 0) is 0 Å². The van der Waals surface area contributed by atoms with Gasteiger partial charge in [0, 0.05) is 28.5 Å². The van der Waals surface area contributed by atoms with Gasteiger partial charge in [-0.2, -0.15) is 5.10 Å². The summed E-state index contributed by atoms with van der Waals surface area (Å²) in [4.78, 5) is 0. The number of hydrogen-bond acceptors (Lipinski definition) is 4. The number of nitrogens with zero attached hydrogens (tertiary/aromatic N) is 2. The van der Waals surface area contributed by atoms with Crippen LogP contribution in [0.2, 0.25) is 5.02 Å². The van der Waals surface area contributed by atoms with E-state index in [-0.39, 0.29) is 12.3 Å². The summed E-state index contributed by atoms with van der Waals surface area (Å²) in [6.45, 7) is 0. The normalized spacial score (nSPS) is 24.2. The molecular weight excluding hydrogens is 372 g/mol. The molecule has 2 aromatic carbocycles. The Hall–Kier alpha value is -2.20. The Bertz CT molecular complexity index is 907. The fraction of sp³-hybridized carbons (Fsp3) is 0.435. The van der Waals surface area contributed by atoms with Crippen LogP contribution in [0.4, 0.5) is 0 Å². The summed E-state index contributed by atoms with van der Waals surface area (Å²) in [6, 6.07) is 14.3. The van der Waals surface area contributed by atoms with Crippen LogP contribution in [0.25, 0.3) is 0 Å². The molecule has 2 aromatic rings. The Labute approximate surface area is 171 Å². The Morgan fingerprint density at radius 2 is 1.96 bits per heavy atom. The van der Waals surface area contributed by atoms with Crippen molar-refractivity contribution in [3.63, 3.8) is 0 Å². The van der Waals surface area contributed by atoms with Gasteiger partial charge in [0.2, 0.25) is 0 Å². The topological polar surface area (TPSA) is 34.1 Å². The summed E-state index contributed by atoms with van der Waals surface area (Å²) in [5.74, 6) is 2.34. The summed E-state index contributed by atoms with van der Waals surface area (Å²) < 4.78 is 11.9. The monoisotopic (exact) mass is 396 g/mol. The lowest BCUT2D eigenvalue weighted by atomic mass is 9.86. The van der Waals surface area contributed by atoms with Gasteiger partial charge in [-0.05, 0) is 43.2 Å². The van der Waals surface area contributed by atoms with Crippen LogP contribution in [0.15, 0.2) is 47.6 Å². The molecule has 4 nitrogen and oxygen atoms in total. The minimum Gasteiger partial charge on any atom is -0.497 e. The van der Waals surface area contributed by atoms with Crippen molar-refractivity contribution >= 4 is 17.3 Å². The highest BCUT2D eigenvalue weighted by atomic mass is 35.5. The van der Waals surface area contributed by atoms with Crippen LogP contribution >= 0.6 is 11.6 Å². The van der Waals surface area contributed by atoms with Gasteiger partial charge in [-0.25, -0.2) is 5.01 Å². The van der Waals surface area contributed by atoms with Crippen molar-refractivity contribution in [2.45, 2.75) is 50.8 Å². The first-order valence-corrected chi connectivity index (χ1v) is 10.6. The number of halogens is 1. The van der Waals surface area contributed by atoms with Gasteiger partial charge in [0.05, 0.1) is 18.9 Å². The highest BCUT2D eigenvalue weighted by molar-refractivity contribution is 6.30. The Kier molecular flexibility index (Phi) is 4.67. The molecule has 1 aliphatic carbocycles. The predicted octanol–water partition coefficient (Wildman–Crippen LogP) is 5.80. The summed E-state index contributed by atoms with van der Waals surface area (Å²) in [5, 5.41) is 8.02. The quantitative estimate of drug-likeness (QED) is 0.657. The van der Waals surface area contributed by atoms with Gasteiger partial charge in [-0.3, -0.25) is 0 Å². The molecule has 1 saturated carbocycles. The number of rotatable bonds is 3. The van der Waals surface area contributed by atoms with Crippen LogP contribution < -0.4 is 9.47 Å². The minimum absolute atomic E-state index is 0.00193. The summed E-state index contributed by atoms with van der Waals surface area (Å²) in [7, 11) is 1.70. The highest BCUT2D eigenvalue weighted by Gasteiger charge is 2.43. The number of benzene rings is 2. The van der Waals surface area contributed by atoms with E-state index >= 15 is 0 Å². The number of ether oxygens (including phenoxy) is 2. The van der Waals surface area contributed by atoms with Gasteiger partial charge >= 0.3 is 0 Å². The molecule has 0 bridgehead atoms. The minimum atomic E-state index is 0.00193. The van der Waals surface area contributed by atoms with Crippen molar-refractivity contribution in [1.82, 2.24) is 5.01 Å². The van der Waals surface area contributed by atoms with Crippen LogP contribution in [0.1, 0.15) is 55.7 Å². The average molecular weight is 397 g/mol. The molecule has 5 rings (SSSR count). The molecule has 0 N–H and O–H groups in total. The van der Waals surface area contributed by atoms with E-state index in [0.717, 1.165) is 39.8 Å². The van der Waals surface area contributed by atoms with E-state index in [1.807, 2.05) is 30.3 Å². The van der Waals surface area contributed by atoms with Crippen LogP contribution in [-0.4, -0.2) is 24.1 Å². The maximum atomic E-state index is 6.50. The molecule has 0 unspecified atom stereocenters. The molecule has 0 amide bonds. The van der Waals surface area contributed by atoms with Crippen molar-refractivity contribution in [2.24, 2.45) is 11.0 Å². The second-order valence-electron chi connectivity index (χ2n) is 7.97. The number of hydrazone groups is 1. The zero-order valence-corrected chi connectivity index (χ0v) is 16.9. The number of hydrogen-bond donors (Lipinski definition) is 0. The van der Waals surface area contributed by atoms with Crippen molar-refractivity contribution in [2.75, 3.05) is 7.11 Å². The zero-order chi connectivity index (χ0) is 19.1. The number of methoxy groups -OCH3 is 1. The van der Waals surface area contributed by atoms with E-state index in [9.17, 15) is 0 Å². The number of fused-ring (bicyclic) bond motifs is 3. The first kappa shape index (κ1) is 17.9. The molecular formula is C23H25ClN2O2. The van der Waals surface area contributed by atoms with Gasteiger partial charge < -0.3 is 9.47 Å². The van der Waals surface area contributed by atoms with Gasteiger partial charge in [-0.15, -0.1) is 0 Å². The van der Waals surface area contributed by atoms with Crippen molar-refractivity contribution in [1.29, 1.82) is 0 Å². The second kappa shape index (κ2) is 7.32. The molecule has 3 aliphatic rings. The largest absolute Gasteiger partial charge is 0.497 e. The third-order valence-electron chi connectivity index (χ3n) is 6.24. The standard InChI is InChI=1S/C23H25ClN2O2/c1-27-18-9-5-8-16(12-18)20-14-21-19-13-17(24)10-11-22(19)28-23(26(21)25-20)15-6-3-2-4-7-15/h5,8-13,15,21,23H,2-4,6-7,14H2,1H3/t21-,23-/m0/s1. The molecule has 0 saturated heterocycles. The van der Waals surface area contributed by atoms with Gasteiger partial charge in [0.1, 0.15) is 11.5 Å². The van der Waals surface area contributed by atoms with E-state index in [1.54, 1.807) is 7.11 Å². The van der Waals surface area contributed by atoms with Crippen LogP contribution in [0, 0.1) is 5.92 Å². The van der Waals surface area contributed by atoms with Crippen molar-refractivity contribution < 1.29 is 9.47 Å². The average Bonchev–Trinajstić information content (AvgIpc) is 3.20. The fourth-order valence-electron chi connectivity index (χ4n) is 4.79. The molecule has 5 heteroatoms. The highest BCUT2D eigenvalue weighted by Crippen LogP contribution is 2.47. The lowest BCUT2D eigenvalue weighted by Crippen LogP contribution is -2.45. The lowest BCUT2D eigenvalue weighted by Gasteiger charge is -2.42. The van der Waals surface area contributed by atoms with E-state index in [2.05, 4.69) is 17.1 Å². The lowest BCUT2D eigenvalue weighted by molar-refractivity contribution is -0.0643. The smallest absolute Gasteiger partial charge is 0.190 e. The SMILES string of the molecule is COc1cccc(C2=NN3[C@@H](C2)c2cc(Cl)ccc2O[C@H]3C2CCCCC2)c1. The summed E-state index contributed by atoms with van der Waals surface area (Å²) in [5.41, 5.74) is 3.34. The van der Waals surface area contributed by atoms with Crippen molar-refractivity contribution in [3.8, 4) is 11.5 Å². The Morgan fingerprint density at radius 1 is 1.11 bits per heavy atom. The Morgan fingerprint density at radius 3 is 2.79 bits per heavy atom. The summed E-state index contributed by atoms with van der Waals surface area (Å²) in [6.07, 6.45) is 7.17.